The van der Waals surface area contributed by atoms with Gasteiger partial charge < -0.3 is 23.7 Å². The van der Waals surface area contributed by atoms with Gasteiger partial charge in [0.15, 0.2) is 5.82 Å². The number of hydrogen-bond donors (Lipinski definition) is 1. The van der Waals surface area contributed by atoms with Crippen LogP contribution in [0.4, 0.5) is 17.3 Å². The van der Waals surface area contributed by atoms with E-state index in [0.29, 0.717) is 65.0 Å². The number of aromatic nitrogens is 4. The van der Waals surface area contributed by atoms with Crippen LogP contribution in [0.3, 0.4) is 0 Å². The first kappa shape index (κ1) is 27.5. The minimum absolute atomic E-state index is 0.0852. The van der Waals surface area contributed by atoms with Gasteiger partial charge in [-0.3, -0.25) is 19.3 Å². The number of pyridine rings is 2. The zero-order valence-corrected chi connectivity index (χ0v) is 24.5. The van der Waals surface area contributed by atoms with Gasteiger partial charge in [0.05, 0.1) is 0 Å². The molecule has 4 aromatic rings. The molecule has 218 valence electrons. The summed E-state index contributed by atoms with van der Waals surface area (Å²) in [6.45, 7) is 8.80. The van der Waals surface area contributed by atoms with Crippen molar-refractivity contribution < 1.29 is 18.8 Å². The molecule has 0 fully saturated rings. The highest BCUT2D eigenvalue weighted by atomic mass is 16.5. The van der Waals surface area contributed by atoms with E-state index >= 15 is 0 Å². The molecule has 0 unspecified atom stereocenters. The molecule has 1 amide bonds. The molecule has 0 aromatic carbocycles. The molecular formula is C31H34N6O5. The Morgan fingerprint density at radius 2 is 1.98 bits per heavy atom. The fourth-order valence-corrected chi connectivity index (χ4v) is 6.04. The second-order valence-electron chi connectivity index (χ2n) is 11.8. The fraction of sp³-hybridized carbons (Fsp3) is 0.387. The highest BCUT2D eigenvalue weighted by Gasteiger charge is 2.37. The van der Waals surface area contributed by atoms with Crippen LogP contribution in [-0.4, -0.2) is 37.7 Å². The van der Waals surface area contributed by atoms with Crippen molar-refractivity contribution in [1.29, 1.82) is 0 Å². The van der Waals surface area contributed by atoms with Gasteiger partial charge in [-0.15, -0.1) is 0 Å². The molecule has 6 rings (SSSR count). The summed E-state index contributed by atoms with van der Waals surface area (Å²) in [5.41, 5.74) is 5.31. The molecule has 42 heavy (non-hydrogen) atoms. The van der Waals surface area contributed by atoms with Gasteiger partial charge >= 0.3 is 5.97 Å². The van der Waals surface area contributed by atoms with E-state index in [-0.39, 0.29) is 23.5 Å². The van der Waals surface area contributed by atoms with E-state index in [4.69, 9.17) is 9.26 Å². The minimum atomic E-state index is -0.450. The zero-order chi connectivity index (χ0) is 29.8. The van der Waals surface area contributed by atoms with Gasteiger partial charge in [-0.1, -0.05) is 25.9 Å². The van der Waals surface area contributed by atoms with Crippen molar-refractivity contribution >= 4 is 29.2 Å². The lowest BCUT2D eigenvalue weighted by Gasteiger charge is -2.31. The summed E-state index contributed by atoms with van der Waals surface area (Å²) in [7, 11) is 1.66. The summed E-state index contributed by atoms with van der Waals surface area (Å²) < 4.78 is 14.4. The number of hydrogen-bond acceptors (Lipinski definition) is 8. The summed E-state index contributed by atoms with van der Waals surface area (Å²) in [5, 5.41) is 7.06. The molecule has 1 aliphatic heterocycles. The average molecular weight is 571 g/mol. The first-order valence-corrected chi connectivity index (χ1v) is 14.1. The Morgan fingerprint density at radius 1 is 1.17 bits per heavy atom. The van der Waals surface area contributed by atoms with E-state index in [1.54, 1.807) is 42.5 Å². The molecule has 11 nitrogen and oxygen atoms in total. The number of anilines is 3. The van der Waals surface area contributed by atoms with Crippen LogP contribution >= 0.6 is 0 Å². The van der Waals surface area contributed by atoms with Crippen molar-refractivity contribution in [3.63, 3.8) is 0 Å². The van der Waals surface area contributed by atoms with E-state index in [0.717, 1.165) is 12.8 Å². The maximum atomic E-state index is 13.9. The van der Waals surface area contributed by atoms with Gasteiger partial charge in [-0.25, -0.2) is 4.98 Å². The Kier molecular flexibility index (Phi) is 6.75. The number of amides is 1. The molecule has 1 aliphatic carbocycles. The predicted octanol–water partition coefficient (Wildman–Crippen LogP) is 4.39. The SMILES string of the molecule is CCc1cc(Nc2cc(-c3ccnc(N4CCn5c(cc6c5CC(C)(C)C6)C4=O)c3COC(C)=O)cn(C)c2=O)no1. The van der Waals surface area contributed by atoms with Crippen molar-refractivity contribution in [2.75, 3.05) is 16.8 Å². The van der Waals surface area contributed by atoms with Crippen molar-refractivity contribution in [2.24, 2.45) is 12.5 Å². The monoisotopic (exact) mass is 570 g/mol. The second kappa shape index (κ2) is 10.3. The highest BCUT2D eigenvalue weighted by molar-refractivity contribution is 6.06. The van der Waals surface area contributed by atoms with Crippen LogP contribution in [0.1, 0.15) is 60.8 Å². The summed E-state index contributed by atoms with van der Waals surface area (Å²) >= 11 is 0. The van der Waals surface area contributed by atoms with Gasteiger partial charge in [-0.2, -0.15) is 0 Å². The molecule has 1 N–H and O–H groups in total. The first-order chi connectivity index (χ1) is 20.0. The number of nitrogens with one attached hydrogen (secondary N) is 1. The van der Waals surface area contributed by atoms with Gasteiger partial charge in [0.1, 0.15) is 29.6 Å². The first-order valence-electron chi connectivity index (χ1n) is 14.1. The number of carbonyl (C=O) groups is 2. The van der Waals surface area contributed by atoms with Gasteiger partial charge in [0, 0.05) is 68.8 Å². The number of ether oxygens (including phenoxy) is 1. The highest BCUT2D eigenvalue weighted by Crippen LogP contribution is 2.40. The van der Waals surface area contributed by atoms with Crippen LogP contribution in [-0.2, 0) is 49.0 Å². The Morgan fingerprint density at radius 3 is 2.71 bits per heavy atom. The normalized spacial score (nSPS) is 15.5. The lowest BCUT2D eigenvalue weighted by atomic mass is 9.90. The van der Waals surface area contributed by atoms with E-state index < -0.39 is 5.97 Å². The zero-order valence-electron chi connectivity index (χ0n) is 24.5. The molecule has 0 bridgehead atoms. The predicted molar refractivity (Wildman–Crippen MR) is 157 cm³/mol. The average Bonchev–Trinajstić information content (AvgIpc) is 3.62. The molecular weight excluding hydrogens is 536 g/mol. The van der Waals surface area contributed by atoms with Gasteiger partial charge in [-0.05, 0) is 47.6 Å². The topological polar surface area (TPSA) is 124 Å². The van der Waals surface area contributed by atoms with Crippen LogP contribution in [0.25, 0.3) is 11.1 Å². The van der Waals surface area contributed by atoms with E-state index in [9.17, 15) is 14.4 Å². The fourth-order valence-electron chi connectivity index (χ4n) is 6.04. The lowest BCUT2D eigenvalue weighted by Crippen LogP contribution is -2.41. The third-order valence-corrected chi connectivity index (χ3v) is 8.00. The number of carbonyl (C=O) groups excluding carboxylic acids is 2. The number of fused-ring (bicyclic) bond motifs is 3. The maximum absolute atomic E-state index is 13.9. The van der Waals surface area contributed by atoms with E-state index in [2.05, 4.69) is 33.9 Å². The molecule has 0 spiro atoms. The Labute approximate surface area is 243 Å². The lowest BCUT2D eigenvalue weighted by molar-refractivity contribution is -0.142. The summed E-state index contributed by atoms with van der Waals surface area (Å²) in [6.07, 6.45) is 5.90. The van der Waals surface area contributed by atoms with Crippen LogP contribution < -0.4 is 15.8 Å². The number of nitrogens with zero attached hydrogens (tertiary/aromatic N) is 5. The molecule has 0 atom stereocenters. The Balaban J connectivity index is 1.40. The third kappa shape index (κ3) is 4.88. The Hall–Kier alpha value is -4.67. The molecule has 0 saturated carbocycles. The molecule has 11 heteroatoms. The van der Waals surface area contributed by atoms with Crippen molar-refractivity contribution in [2.45, 2.75) is 60.1 Å². The number of rotatable bonds is 7. The molecule has 0 saturated heterocycles. The molecule has 5 heterocycles. The van der Waals surface area contributed by atoms with E-state index in [1.165, 1.54) is 22.7 Å². The third-order valence-electron chi connectivity index (χ3n) is 8.00. The van der Waals surface area contributed by atoms with E-state index in [1.807, 2.05) is 13.0 Å². The smallest absolute Gasteiger partial charge is 0.302 e. The summed E-state index contributed by atoms with van der Waals surface area (Å²) in [6, 6.07) is 7.28. The number of esters is 1. The van der Waals surface area contributed by atoms with Crippen LogP contribution in [0.15, 0.2) is 46.0 Å². The van der Waals surface area contributed by atoms with Gasteiger partial charge in [0.25, 0.3) is 11.5 Å². The molecule has 4 aromatic heterocycles. The number of aryl methyl sites for hydroxylation is 2. The molecule has 0 radical (unpaired) electrons. The summed E-state index contributed by atoms with van der Waals surface area (Å²) in [5.74, 6) is 0.962. The van der Waals surface area contributed by atoms with Crippen molar-refractivity contribution in [3.05, 3.63) is 75.3 Å². The quantitative estimate of drug-likeness (QED) is 0.325. The Bertz CT molecular complexity index is 1780. The van der Waals surface area contributed by atoms with Crippen molar-refractivity contribution in [3.8, 4) is 11.1 Å². The second-order valence-corrected chi connectivity index (χ2v) is 11.8. The molecule has 2 aliphatic rings. The standard InChI is InChI=1S/C31H34N6O5/c1-6-21-13-27(34-42-21)33-24-11-20(16-35(5)29(24)39)22-7-8-32-28(23(22)17-41-18(2)38)37-10-9-36-25(30(37)40)12-19-14-31(3,4)15-26(19)36/h7-8,11-13,16H,6,9-10,14-15,17H2,1-5H3,(H,33,34). The van der Waals surface area contributed by atoms with Crippen LogP contribution in [0.5, 0.6) is 0 Å². The maximum Gasteiger partial charge on any atom is 0.302 e. The van der Waals surface area contributed by atoms with Gasteiger partial charge in [0.2, 0.25) is 0 Å². The van der Waals surface area contributed by atoms with Crippen LogP contribution in [0.2, 0.25) is 0 Å². The summed E-state index contributed by atoms with van der Waals surface area (Å²) in [4.78, 5) is 45.1. The van der Waals surface area contributed by atoms with Crippen LogP contribution in [0, 0.1) is 5.41 Å². The largest absolute Gasteiger partial charge is 0.461 e. The van der Waals surface area contributed by atoms with Crippen molar-refractivity contribution in [1.82, 2.24) is 19.3 Å². The minimum Gasteiger partial charge on any atom is -0.461 e.